The number of aromatic nitrogens is 3. The highest BCUT2D eigenvalue weighted by Crippen LogP contribution is 2.22. The van der Waals surface area contributed by atoms with E-state index in [2.05, 4.69) is 20.3 Å². The van der Waals surface area contributed by atoms with Gasteiger partial charge in [-0.25, -0.2) is 9.97 Å². The van der Waals surface area contributed by atoms with Crippen molar-refractivity contribution in [3.05, 3.63) is 82.5 Å². The fourth-order valence-corrected chi connectivity index (χ4v) is 2.79. The van der Waals surface area contributed by atoms with E-state index in [4.69, 9.17) is 0 Å². The van der Waals surface area contributed by atoms with Crippen molar-refractivity contribution in [3.8, 4) is 17.0 Å². The molecule has 0 aliphatic heterocycles. The monoisotopic (exact) mass is 373 g/mol. The molecular formula is C20H15N5O3. The lowest BCUT2D eigenvalue weighted by Gasteiger charge is -2.08. The molecule has 0 radical (unpaired) electrons. The third-order valence-corrected chi connectivity index (χ3v) is 4.22. The van der Waals surface area contributed by atoms with Crippen LogP contribution in [0.1, 0.15) is 5.56 Å². The average Bonchev–Trinajstić information content (AvgIpc) is 2.72. The Kier molecular flexibility index (Phi) is 4.51. The largest absolute Gasteiger partial charge is 0.508 e. The van der Waals surface area contributed by atoms with Crippen molar-refractivity contribution in [3.63, 3.8) is 0 Å². The van der Waals surface area contributed by atoms with E-state index in [0.717, 1.165) is 5.56 Å². The first-order chi connectivity index (χ1) is 13.6. The van der Waals surface area contributed by atoms with Crippen LogP contribution in [0, 0.1) is 10.1 Å². The van der Waals surface area contributed by atoms with E-state index in [1.807, 2.05) is 0 Å². The number of anilines is 1. The third kappa shape index (κ3) is 3.56. The Balaban J connectivity index is 1.60. The van der Waals surface area contributed by atoms with Gasteiger partial charge in [-0.3, -0.25) is 15.1 Å². The van der Waals surface area contributed by atoms with Gasteiger partial charge >= 0.3 is 0 Å². The summed E-state index contributed by atoms with van der Waals surface area (Å²) in [4.78, 5) is 24.1. The van der Waals surface area contributed by atoms with Gasteiger partial charge in [-0.05, 0) is 36.4 Å². The number of nitrogens with zero attached hydrogens (tertiary/aromatic N) is 4. The Morgan fingerprint density at radius 3 is 2.57 bits per heavy atom. The maximum absolute atomic E-state index is 11.1. The molecule has 0 saturated carbocycles. The molecule has 4 rings (SSSR count). The second kappa shape index (κ2) is 7.28. The number of para-hydroxylation sites is 1. The number of hydrogen-bond donors (Lipinski definition) is 2. The van der Waals surface area contributed by atoms with Crippen LogP contribution in [0.25, 0.3) is 22.4 Å². The lowest BCUT2D eigenvalue weighted by molar-refractivity contribution is -0.385. The number of fused-ring (bicyclic) bond motifs is 1. The lowest BCUT2D eigenvalue weighted by Crippen LogP contribution is -2.04. The number of rotatable bonds is 5. The van der Waals surface area contributed by atoms with Crippen molar-refractivity contribution in [2.45, 2.75) is 6.54 Å². The van der Waals surface area contributed by atoms with E-state index in [-0.39, 0.29) is 18.0 Å². The highest BCUT2D eigenvalue weighted by atomic mass is 16.6. The highest BCUT2D eigenvalue weighted by molar-refractivity contribution is 5.75. The Morgan fingerprint density at radius 2 is 1.79 bits per heavy atom. The van der Waals surface area contributed by atoms with E-state index in [1.54, 1.807) is 60.8 Å². The normalized spacial score (nSPS) is 10.7. The molecule has 0 aliphatic carbocycles. The highest BCUT2D eigenvalue weighted by Gasteiger charge is 2.12. The van der Waals surface area contributed by atoms with E-state index >= 15 is 0 Å². The van der Waals surface area contributed by atoms with Gasteiger partial charge in [0.05, 0.1) is 16.8 Å². The Morgan fingerprint density at radius 1 is 1.00 bits per heavy atom. The maximum Gasteiger partial charge on any atom is 0.274 e. The van der Waals surface area contributed by atoms with Crippen molar-refractivity contribution in [2.75, 3.05) is 5.32 Å². The summed E-state index contributed by atoms with van der Waals surface area (Å²) < 4.78 is 0. The molecule has 0 atom stereocenters. The predicted molar refractivity (Wildman–Crippen MR) is 105 cm³/mol. The van der Waals surface area contributed by atoms with E-state index < -0.39 is 4.92 Å². The molecule has 0 fully saturated rings. The van der Waals surface area contributed by atoms with Gasteiger partial charge in [-0.2, -0.15) is 0 Å². The van der Waals surface area contributed by atoms with Crippen LogP contribution in [-0.2, 0) is 6.54 Å². The molecule has 0 amide bonds. The number of phenols is 1. The zero-order valence-corrected chi connectivity index (χ0v) is 14.6. The molecular weight excluding hydrogens is 358 g/mol. The molecule has 0 spiro atoms. The van der Waals surface area contributed by atoms with Crippen molar-refractivity contribution in [2.24, 2.45) is 0 Å². The number of aromatic hydroxyl groups is 1. The summed E-state index contributed by atoms with van der Waals surface area (Å²) in [5.41, 5.74) is 3.17. The minimum Gasteiger partial charge on any atom is -0.508 e. The number of benzene rings is 2. The molecule has 4 aromatic rings. The smallest absolute Gasteiger partial charge is 0.274 e. The Labute approximate surface area is 159 Å². The quantitative estimate of drug-likeness (QED) is 0.402. The van der Waals surface area contributed by atoms with Crippen molar-refractivity contribution < 1.29 is 10.0 Å². The third-order valence-electron chi connectivity index (χ3n) is 4.22. The van der Waals surface area contributed by atoms with Gasteiger partial charge in [0.25, 0.3) is 5.69 Å². The van der Waals surface area contributed by atoms with Crippen LogP contribution in [0.4, 0.5) is 11.5 Å². The summed E-state index contributed by atoms with van der Waals surface area (Å²) in [7, 11) is 0. The molecule has 2 aromatic heterocycles. The maximum atomic E-state index is 11.1. The molecule has 8 heteroatoms. The van der Waals surface area contributed by atoms with Gasteiger partial charge in [0, 0.05) is 23.7 Å². The van der Waals surface area contributed by atoms with Crippen molar-refractivity contribution >= 4 is 22.7 Å². The molecule has 0 bridgehead atoms. The lowest BCUT2D eigenvalue weighted by atomic mass is 10.1. The molecule has 8 nitrogen and oxygen atoms in total. The Hall–Kier alpha value is -4.07. The number of nitro benzene ring substituents is 1. The molecule has 138 valence electrons. The van der Waals surface area contributed by atoms with Crippen LogP contribution in [0.3, 0.4) is 0 Å². The number of hydrogen-bond acceptors (Lipinski definition) is 7. The van der Waals surface area contributed by atoms with Crippen LogP contribution < -0.4 is 5.32 Å². The minimum absolute atomic E-state index is 0.0604. The van der Waals surface area contributed by atoms with E-state index in [1.165, 1.54) is 6.07 Å². The van der Waals surface area contributed by atoms with Crippen LogP contribution in [0.5, 0.6) is 5.75 Å². The number of nitrogens with one attached hydrogen (secondary N) is 1. The molecule has 0 aliphatic rings. The van der Waals surface area contributed by atoms with E-state index in [9.17, 15) is 15.2 Å². The van der Waals surface area contributed by atoms with Crippen LogP contribution >= 0.6 is 0 Å². The summed E-state index contributed by atoms with van der Waals surface area (Å²) in [5.74, 6) is 0.722. The van der Waals surface area contributed by atoms with Crippen LogP contribution in [0.15, 0.2) is 66.9 Å². The summed E-state index contributed by atoms with van der Waals surface area (Å²) in [6, 6.07) is 16.8. The molecule has 2 aromatic carbocycles. The van der Waals surface area contributed by atoms with Gasteiger partial charge in [0.1, 0.15) is 17.1 Å². The zero-order valence-electron chi connectivity index (χ0n) is 14.6. The van der Waals surface area contributed by atoms with Gasteiger partial charge in [-0.1, -0.05) is 18.2 Å². The van der Waals surface area contributed by atoms with Gasteiger partial charge in [-0.15, -0.1) is 0 Å². The standard InChI is InChI=1S/C20H15N5O3/c26-15-7-5-13(6-8-15)17-12-21-16-9-10-19(24-20(16)23-17)22-11-14-3-1-2-4-18(14)25(27)28/h1-10,12,26H,11H2,(H,22,23,24). The number of nitro groups is 1. The first-order valence-corrected chi connectivity index (χ1v) is 8.49. The molecule has 0 saturated heterocycles. The van der Waals surface area contributed by atoms with Crippen LogP contribution in [-0.4, -0.2) is 25.0 Å². The molecule has 0 unspecified atom stereocenters. The number of pyridine rings is 1. The van der Waals surface area contributed by atoms with Crippen molar-refractivity contribution in [1.29, 1.82) is 0 Å². The molecule has 2 N–H and O–H groups in total. The zero-order chi connectivity index (χ0) is 19.5. The SMILES string of the molecule is O=[N+]([O-])c1ccccc1CNc1ccc2ncc(-c3ccc(O)cc3)nc2n1. The summed E-state index contributed by atoms with van der Waals surface area (Å²) >= 11 is 0. The first-order valence-electron chi connectivity index (χ1n) is 8.49. The average molecular weight is 373 g/mol. The topological polar surface area (TPSA) is 114 Å². The second-order valence-electron chi connectivity index (χ2n) is 6.08. The Bertz CT molecular complexity index is 1160. The van der Waals surface area contributed by atoms with Gasteiger partial charge < -0.3 is 10.4 Å². The van der Waals surface area contributed by atoms with E-state index in [0.29, 0.717) is 28.2 Å². The molecule has 28 heavy (non-hydrogen) atoms. The fourth-order valence-electron chi connectivity index (χ4n) is 2.79. The van der Waals surface area contributed by atoms with Crippen molar-refractivity contribution in [1.82, 2.24) is 15.0 Å². The minimum atomic E-state index is -0.403. The second-order valence-corrected chi connectivity index (χ2v) is 6.08. The number of phenolic OH excluding ortho intramolecular Hbond substituents is 1. The molecule has 2 heterocycles. The summed E-state index contributed by atoms with van der Waals surface area (Å²) in [6.45, 7) is 0.265. The predicted octanol–water partition coefficient (Wildman–Crippen LogP) is 3.92. The van der Waals surface area contributed by atoms with Gasteiger partial charge in [0.2, 0.25) is 0 Å². The fraction of sp³-hybridized carbons (Fsp3) is 0.0500. The van der Waals surface area contributed by atoms with Gasteiger partial charge in [0.15, 0.2) is 5.65 Å². The summed E-state index contributed by atoms with van der Waals surface area (Å²) in [5, 5.41) is 23.6. The first kappa shape index (κ1) is 17.3. The van der Waals surface area contributed by atoms with Crippen LogP contribution in [0.2, 0.25) is 0 Å². The summed E-state index contributed by atoms with van der Waals surface area (Å²) in [6.07, 6.45) is 1.65.